The lowest BCUT2D eigenvalue weighted by atomic mass is 9.78. The van der Waals surface area contributed by atoms with E-state index in [1.807, 2.05) is 25.1 Å². The van der Waals surface area contributed by atoms with E-state index in [4.69, 9.17) is 4.74 Å². The molecule has 1 rings (SSSR count). The number of esters is 1. The number of nitriles is 1. The average molecular weight is 231 g/mol. The van der Waals surface area contributed by atoms with Gasteiger partial charge in [0.05, 0.1) is 12.7 Å². The largest absolute Gasteiger partial charge is 0.465 e. The number of hydrogen-bond donors (Lipinski definition) is 0. The summed E-state index contributed by atoms with van der Waals surface area (Å²) in [6, 6.07) is 11.3. The molecule has 0 radical (unpaired) electrons. The minimum atomic E-state index is -1.16. The van der Waals surface area contributed by atoms with Crippen molar-refractivity contribution in [2.45, 2.75) is 32.1 Å². The summed E-state index contributed by atoms with van der Waals surface area (Å²) in [6.45, 7) is 3.99. The van der Waals surface area contributed by atoms with E-state index in [9.17, 15) is 10.1 Å². The first-order valence-electron chi connectivity index (χ1n) is 5.85. The van der Waals surface area contributed by atoms with Gasteiger partial charge in [-0.05, 0) is 18.9 Å². The van der Waals surface area contributed by atoms with E-state index >= 15 is 0 Å². The molecule has 0 aliphatic heterocycles. The molecule has 3 nitrogen and oxygen atoms in total. The smallest absolute Gasteiger partial charge is 0.331 e. The van der Waals surface area contributed by atoms with E-state index in [1.165, 1.54) is 0 Å². The maximum Gasteiger partial charge on any atom is 0.331 e. The molecule has 1 aromatic carbocycles. The zero-order chi connectivity index (χ0) is 12.7. The maximum absolute atomic E-state index is 12.0. The summed E-state index contributed by atoms with van der Waals surface area (Å²) in [5.74, 6) is -0.449. The van der Waals surface area contributed by atoms with E-state index in [2.05, 4.69) is 6.07 Å². The van der Waals surface area contributed by atoms with Crippen molar-refractivity contribution in [1.82, 2.24) is 0 Å². The van der Waals surface area contributed by atoms with Crippen molar-refractivity contribution >= 4 is 5.97 Å². The second-order valence-corrected chi connectivity index (χ2v) is 3.85. The average Bonchev–Trinajstić information content (AvgIpc) is 2.37. The lowest BCUT2D eigenvalue weighted by Crippen LogP contribution is -2.36. The van der Waals surface area contributed by atoms with Crippen molar-refractivity contribution in [1.29, 1.82) is 5.26 Å². The molecular formula is C14H17NO2. The Morgan fingerprint density at radius 2 is 2.00 bits per heavy atom. The summed E-state index contributed by atoms with van der Waals surface area (Å²) in [5.41, 5.74) is -0.450. The monoisotopic (exact) mass is 231 g/mol. The summed E-state index contributed by atoms with van der Waals surface area (Å²) < 4.78 is 5.04. The van der Waals surface area contributed by atoms with Crippen LogP contribution in [-0.4, -0.2) is 12.6 Å². The number of hydrogen-bond acceptors (Lipinski definition) is 3. The topological polar surface area (TPSA) is 50.1 Å². The van der Waals surface area contributed by atoms with Crippen molar-refractivity contribution < 1.29 is 9.53 Å². The Bertz CT molecular complexity index is 408. The van der Waals surface area contributed by atoms with Crippen molar-refractivity contribution in [2.75, 3.05) is 6.61 Å². The van der Waals surface area contributed by atoms with Gasteiger partial charge in [0, 0.05) is 0 Å². The molecule has 90 valence electrons. The van der Waals surface area contributed by atoms with Crippen LogP contribution in [0.1, 0.15) is 32.3 Å². The summed E-state index contributed by atoms with van der Waals surface area (Å²) in [6.07, 6.45) is 1.23. The maximum atomic E-state index is 12.0. The van der Waals surface area contributed by atoms with Gasteiger partial charge < -0.3 is 4.74 Å². The first-order chi connectivity index (χ1) is 8.21. The van der Waals surface area contributed by atoms with Gasteiger partial charge >= 0.3 is 5.97 Å². The quantitative estimate of drug-likeness (QED) is 0.732. The first kappa shape index (κ1) is 13.2. The summed E-state index contributed by atoms with van der Waals surface area (Å²) in [4.78, 5) is 12.0. The van der Waals surface area contributed by atoms with Gasteiger partial charge in [-0.15, -0.1) is 0 Å². The number of nitrogens with zero attached hydrogens (tertiary/aromatic N) is 1. The van der Waals surface area contributed by atoms with Crippen molar-refractivity contribution in [3.63, 3.8) is 0 Å². The zero-order valence-electron chi connectivity index (χ0n) is 10.3. The predicted octanol–water partition coefficient (Wildman–Crippen LogP) is 2.81. The van der Waals surface area contributed by atoms with Gasteiger partial charge in [-0.25, -0.2) is 4.79 Å². The molecule has 1 atom stereocenters. The van der Waals surface area contributed by atoms with Crippen molar-refractivity contribution in [3.8, 4) is 6.07 Å². The zero-order valence-corrected chi connectivity index (χ0v) is 10.3. The first-order valence-corrected chi connectivity index (χ1v) is 5.85. The number of ether oxygens (including phenoxy) is 1. The molecule has 0 amide bonds. The fraction of sp³-hybridized carbons (Fsp3) is 0.429. The normalized spacial score (nSPS) is 13.5. The third kappa shape index (κ3) is 2.65. The third-order valence-corrected chi connectivity index (χ3v) is 2.71. The lowest BCUT2D eigenvalue weighted by Gasteiger charge is -2.24. The van der Waals surface area contributed by atoms with Crippen LogP contribution in [0.2, 0.25) is 0 Å². The minimum absolute atomic E-state index is 0.290. The van der Waals surface area contributed by atoms with E-state index < -0.39 is 11.4 Å². The fourth-order valence-electron chi connectivity index (χ4n) is 1.88. The Labute approximate surface area is 102 Å². The van der Waals surface area contributed by atoms with Crippen LogP contribution in [0.3, 0.4) is 0 Å². The molecule has 0 heterocycles. The molecule has 0 fully saturated rings. The number of carbonyl (C=O) groups is 1. The van der Waals surface area contributed by atoms with Crippen LogP contribution in [-0.2, 0) is 14.9 Å². The molecule has 0 bridgehead atoms. The van der Waals surface area contributed by atoms with Gasteiger partial charge in [0.2, 0.25) is 0 Å². The summed E-state index contributed by atoms with van der Waals surface area (Å²) in [5, 5.41) is 9.41. The Hall–Kier alpha value is -1.82. The van der Waals surface area contributed by atoms with Gasteiger partial charge in [0.1, 0.15) is 0 Å². The molecule has 1 unspecified atom stereocenters. The number of benzene rings is 1. The van der Waals surface area contributed by atoms with Crippen LogP contribution >= 0.6 is 0 Å². The molecular weight excluding hydrogens is 214 g/mol. The SMILES string of the molecule is CCCC(C#N)(C(=O)OCC)c1ccccc1. The molecule has 0 spiro atoms. The highest BCUT2D eigenvalue weighted by Gasteiger charge is 2.41. The fourth-order valence-corrected chi connectivity index (χ4v) is 1.88. The van der Waals surface area contributed by atoms with Crippen LogP contribution in [0.15, 0.2) is 30.3 Å². The lowest BCUT2D eigenvalue weighted by molar-refractivity contribution is -0.148. The summed E-state index contributed by atoms with van der Waals surface area (Å²) in [7, 11) is 0. The Morgan fingerprint density at radius 3 is 2.47 bits per heavy atom. The van der Waals surface area contributed by atoms with Crippen LogP contribution in [0.5, 0.6) is 0 Å². The third-order valence-electron chi connectivity index (χ3n) is 2.71. The highest BCUT2D eigenvalue weighted by molar-refractivity contribution is 5.86. The predicted molar refractivity (Wildman–Crippen MR) is 65.3 cm³/mol. The molecule has 0 saturated carbocycles. The van der Waals surface area contributed by atoms with Crippen LogP contribution < -0.4 is 0 Å². The second kappa shape index (κ2) is 6.05. The number of carbonyl (C=O) groups excluding carboxylic acids is 1. The van der Waals surface area contributed by atoms with E-state index in [-0.39, 0.29) is 0 Å². The molecule has 3 heteroatoms. The van der Waals surface area contributed by atoms with Crippen molar-refractivity contribution in [2.24, 2.45) is 0 Å². The molecule has 0 aliphatic rings. The molecule has 0 aromatic heterocycles. The minimum Gasteiger partial charge on any atom is -0.465 e. The Morgan fingerprint density at radius 1 is 1.35 bits per heavy atom. The second-order valence-electron chi connectivity index (χ2n) is 3.85. The molecule has 0 saturated heterocycles. The van der Waals surface area contributed by atoms with Gasteiger partial charge in [-0.3, -0.25) is 0 Å². The standard InChI is InChI=1S/C14H17NO2/c1-3-10-14(11-15,13(16)17-4-2)12-8-6-5-7-9-12/h5-9H,3-4,10H2,1-2H3. The van der Waals surface area contributed by atoms with Crippen molar-refractivity contribution in [3.05, 3.63) is 35.9 Å². The number of rotatable bonds is 5. The molecule has 0 aliphatic carbocycles. The molecule has 17 heavy (non-hydrogen) atoms. The molecule has 1 aromatic rings. The Kier molecular flexibility index (Phi) is 4.71. The van der Waals surface area contributed by atoms with Crippen LogP contribution in [0.4, 0.5) is 0 Å². The van der Waals surface area contributed by atoms with Crippen LogP contribution in [0.25, 0.3) is 0 Å². The molecule has 0 N–H and O–H groups in total. The summed E-state index contributed by atoms with van der Waals surface area (Å²) >= 11 is 0. The van der Waals surface area contributed by atoms with Gasteiger partial charge in [-0.2, -0.15) is 5.26 Å². The van der Waals surface area contributed by atoms with E-state index in [1.54, 1.807) is 19.1 Å². The highest BCUT2D eigenvalue weighted by atomic mass is 16.5. The van der Waals surface area contributed by atoms with Gasteiger partial charge in [0.25, 0.3) is 0 Å². The van der Waals surface area contributed by atoms with E-state index in [0.29, 0.717) is 18.6 Å². The van der Waals surface area contributed by atoms with Crippen LogP contribution in [0, 0.1) is 11.3 Å². The highest BCUT2D eigenvalue weighted by Crippen LogP contribution is 2.30. The van der Waals surface area contributed by atoms with E-state index in [0.717, 1.165) is 6.42 Å². The Balaban J connectivity index is 3.19. The van der Waals surface area contributed by atoms with Gasteiger partial charge in [-0.1, -0.05) is 43.7 Å². The van der Waals surface area contributed by atoms with Gasteiger partial charge in [0.15, 0.2) is 5.41 Å².